The van der Waals surface area contributed by atoms with Gasteiger partial charge in [-0.25, -0.2) is 4.39 Å². The quantitative estimate of drug-likeness (QED) is 0.675. The largest absolute Gasteiger partial charge is 0.494 e. The molecule has 0 aliphatic carbocycles. The van der Waals surface area contributed by atoms with Gasteiger partial charge in [0.05, 0.1) is 13.0 Å². The van der Waals surface area contributed by atoms with Crippen molar-refractivity contribution >= 4 is 23.2 Å². The van der Waals surface area contributed by atoms with Gasteiger partial charge in [-0.1, -0.05) is 16.8 Å². The van der Waals surface area contributed by atoms with E-state index < -0.39 is 5.82 Å². The van der Waals surface area contributed by atoms with Gasteiger partial charge in [0.1, 0.15) is 0 Å². The molecule has 1 unspecified atom stereocenters. The Kier molecular flexibility index (Phi) is 4.53. The Bertz CT molecular complexity index is 990. The Labute approximate surface area is 159 Å². The molecule has 1 aromatic heterocycles. The monoisotopic (exact) mass is 387 g/mol. The number of ether oxygens (including phenoxy) is 1. The third kappa shape index (κ3) is 3.38. The summed E-state index contributed by atoms with van der Waals surface area (Å²) < 4.78 is 24.2. The second-order valence-electron chi connectivity index (χ2n) is 6.19. The van der Waals surface area contributed by atoms with Crippen LogP contribution in [-0.4, -0.2) is 29.7 Å². The van der Waals surface area contributed by atoms with Crippen LogP contribution in [0, 0.1) is 5.82 Å². The van der Waals surface area contributed by atoms with Crippen LogP contribution in [0.4, 0.5) is 10.1 Å². The van der Waals surface area contributed by atoms with Gasteiger partial charge in [-0.2, -0.15) is 4.98 Å². The van der Waals surface area contributed by atoms with Gasteiger partial charge < -0.3 is 14.2 Å². The average Bonchev–Trinajstić information content (AvgIpc) is 3.29. The van der Waals surface area contributed by atoms with Crippen molar-refractivity contribution in [2.75, 3.05) is 18.6 Å². The number of anilines is 1. The van der Waals surface area contributed by atoms with Crippen molar-refractivity contribution in [1.29, 1.82) is 0 Å². The molecule has 27 heavy (non-hydrogen) atoms. The van der Waals surface area contributed by atoms with Crippen LogP contribution in [0.3, 0.4) is 0 Å². The predicted molar refractivity (Wildman–Crippen MR) is 97.4 cm³/mol. The lowest BCUT2D eigenvalue weighted by Crippen LogP contribution is -2.24. The van der Waals surface area contributed by atoms with Gasteiger partial charge in [0, 0.05) is 35.3 Å². The molecule has 0 bridgehead atoms. The van der Waals surface area contributed by atoms with Crippen molar-refractivity contribution in [2.45, 2.75) is 12.3 Å². The van der Waals surface area contributed by atoms with E-state index in [0.29, 0.717) is 29.0 Å². The highest BCUT2D eigenvalue weighted by Gasteiger charge is 2.35. The number of halogens is 2. The van der Waals surface area contributed by atoms with Gasteiger partial charge in [-0.15, -0.1) is 0 Å². The summed E-state index contributed by atoms with van der Waals surface area (Å²) >= 11 is 5.89. The van der Waals surface area contributed by atoms with Crippen molar-refractivity contribution < 1.29 is 18.4 Å². The summed E-state index contributed by atoms with van der Waals surface area (Å²) in [5.41, 5.74) is 1.24. The van der Waals surface area contributed by atoms with E-state index in [9.17, 15) is 9.18 Å². The number of hydrogen-bond acceptors (Lipinski definition) is 5. The molecule has 0 spiro atoms. The number of rotatable bonds is 4. The summed E-state index contributed by atoms with van der Waals surface area (Å²) in [7, 11) is 1.39. The smallest absolute Gasteiger partial charge is 0.232 e. The molecule has 0 N–H and O–H groups in total. The maximum atomic E-state index is 14.0. The summed E-state index contributed by atoms with van der Waals surface area (Å²) in [5, 5.41) is 4.60. The van der Waals surface area contributed by atoms with Gasteiger partial charge in [0.25, 0.3) is 0 Å². The fourth-order valence-corrected chi connectivity index (χ4v) is 3.19. The lowest BCUT2D eigenvalue weighted by Gasteiger charge is -2.16. The van der Waals surface area contributed by atoms with Crippen molar-refractivity contribution in [3.8, 4) is 17.1 Å². The minimum atomic E-state index is -0.519. The molecule has 1 amide bonds. The van der Waals surface area contributed by atoms with Crippen molar-refractivity contribution in [3.05, 3.63) is 59.2 Å². The molecule has 2 aromatic carbocycles. The Morgan fingerprint density at radius 3 is 2.74 bits per heavy atom. The fraction of sp³-hybridized carbons (Fsp3) is 0.211. The average molecular weight is 388 g/mol. The van der Waals surface area contributed by atoms with E-state index in [4.69, 9.17) is 20.9 Å². The van der Waals surface area contributed by atoms with Gasteiger partial charge in [-0.05, 0) is 36.4 Å². The third-order valence-corrected chi connectivity index (χ3v) is 4.72. The van der Waals surface area contributed by atoms with Crippen molar-refractivity contribution in [2.24, 2.45) is 0 Å². The van der Waals surface area contributed by atoms with Crippen LogP contribution in [0.1, 0.15) is 18.2 Å². The fourth-order valence-electron chi connectivity index (χ4n) is 3.06. The number of aromatic nitrogens is 2. The number of hydrogen-bond donors (Lipinski definition) is 0. The van der Waals surface area contributed by atoms with E-state index in [2.05, 4.69) is 10.1 Å². The van der Waals surface area contributed by atoms with E-state index in [1.165, 1.54) is 24.1 Å². The number of methoxy groups -OCH3 is 1. The van der Waals surface area contributed by atoms with E-state index in [0.717, 1.165) is 5.56 Å². The highest BCUT2D eigenvalue weighted by molar-refractivity contribution is 6.30. The van der Waals surface area contributed by atoms with Crippen molar-refractivity contribution in [1.82, 2.24) is 10.1 Å². The van der Waals surface area contributed by atoms with Gasteiger partial charge in [0.2, 0.25) is 17.6 Å². The van der Waals surface area contributed by atoms with Crippen LogP contribution in [-0.2, 0) is 4.79 Å². The molecule has 3 aromatic rings. The van der Waals surface area contributed by atoms with E-state index in [1.807, 2.05) is 0 Å². The molecule has 4 rings (SSSR count). The first-order valence-electron chi connectivity index (χ1n) is 8.28. The first kappa shape index (κ1) is 17.5. The molecule has 1 aliphatic rings. The Balaban J connectivity index is 1.54. The third-order valence-electron chi connectivity index (χ3n) is 4.47. The van der Waals surface area contributed by atoms with Gasteiger partial charge in [0.15, 0.2) is 11.6 Å². The summed E-state index contributed by atoms with van der Waals surface area (Å²) in [6.45, 7) is 0.340. The van der Waals surface area contributed by atoms with Crippen LogP contribution >= 0.6 is 11.6 Å². The maximum Gasteiger partial charge on any atom is 0.232 e. The van der Waals surface area contributed by atoms with E-state index >= 15 is 0 Å². The van der Waals surface area contributed by atoms with Gasteiger partial charge in [-0.3, -0.25) is 4.79 Å². The maximum absolute atomic E-state index is 14.0. The molecule has 0 saturated carbocycles. The molecule has 6 nitrogen and oxygen atoms in total. The molecule has 1 atom stereocenters. The zero-order valence-corrected chi connectivity index (χ0v) is 15.1. The minimum Gasteiger partial charge on any atom is -0.494 e. The standard InChI is InChI=1S/C19H15ClFN3O3/c1-26-16-7-6-14(9-15(16)21)24-10-12(8-17(24)25)19-22-18(23-27-19)11-2-4-13(20)5-3-11/h2-7,9,12H,8,10H2,1H3. The molecule has 0 radical (unpaired) electrons. The lowest BCUT2D eigenvalue weighted by atomic mass is 10.1. The van der Waals surface area contributed by atoms with Crippen LogP contribution in [0.25, 0.3) is 11.4 Å². The van der Waals surface area contributed by atoms with E-state index in [1.54, 1.807) is 30.3 Å². The number of benzene rings is 2. The number of nitrogens with zero attached hydrogens (tertiary/aromatic N) is 3. The Morgan fingerprint density at radius 1 is 1.26 bits per heavy atom. The van der Waals surface area contributed by atoms with Crippen molar-refractivity contribution in [3.63, 3.8) is 0 Å². The highest BCUT2D eigenvalue weighted by Crippen LogP contribution is 2.33. The highest BCUT2D eigenvalue weighted by atomic mass is 35.5. The predicted octanol–water partition coefficient (Wildman–Crippen LogP) is 4.06. The van der Waals surface area contributed by atoms with Crippen LogP contribution in [0.15, 0.2) is 47.0 Å². The topological polar surface area (TPSA) is 68.5 Å². The molecule has 1 aliphatic heterocycles. The Hall–Kier alpha value is -2.93. The van der Waals surface area contributed by atoms with Crippen LogP contribution in [0.2, 0.25) is 5.02 Å². The molecule has 138 valence electrons. The summed E-state index contributed by atoms with van der Waals surface area (Å²) in [6, 6.07) is 11.5. The number of carbonyl (C=O) groups excluding carboxylic acids is 1. The lowest BCUT2D eigenvalue weighted by molar-refractivity contribution is -0.117. The molecule has 2 heterocycles. The molecule has 1 saturated heterocycles. The second-order valence-corrected chi connectivity index (χ2v) is 6.62. The Morgan fingerprint density at radius 2 is 2.04 bits per heavy atom. The van der Waals surface area contributed by atoms with E-state index in [-0.39, 0.29) is 24.0 Å². The first-order valence-corrected chi connectivity index (χ1v) is 8.66. The second kappa shape index (κ2) is 7.00. The molecular weight excluding hydrogens is 373 g/mol. The molecule has 8 heteroatoms. The minimum absolute atomic E-state index is 0.129. The van der Waals surface area contributed by atoms with Crippen LogP contribution in [0.5, 0.6) is 5.75 Å². The van der Waals surface area contributed by atoms with Gasteiger partial charge >= 0.3 is 0 Å². The number of carbonyl (C=O) groups is 1. The normalized spacial score (nSPS) is 16.8. The van der Waals surface area contributed by atoms with Crippen LogP contribution < -0.4 is 9.64 Å². The summed E-state index contributed by atoms with van der Waals surface area (Å²) in [4.78, 5) is 18.3. The molecular formula is C19H15ClFN3O3. The number of amides is 1. The first-order chi connectivity index (χ1) is 13.0. The summed E-state index contributed by atoms with van der Waals surface area (Å²) in [6.07, 6.45) is 0.218. The molecule has 1 fully saturated rings. The SMILES string of the molecule is COc1ccc(N2CC(c3nc(-c4ccc(Cl)cc4)no3)CC2=O)cc1F. The summed E-state index contributed by atoms with van der Waals surface area (Å²) in [5.74, 6) is 0.0420. The zero-order chi connectivity index (χ0) is 19.0. The zero-order valence-electron chi connectivity index (χ0n) is 14.4.